The topological polar surface area (TPSA) is 115 Å². The average Bonchev–Trinajstić information content (AvgIpc) is 2.55. The SMILES string of the molecule is CNC[C@@H]1CCCN(S(=O)(=O)c2ccc3[nH]c(=O)[nH]c(=O)c3c2)C1. The highest BCUT2D eigenvalue weighted by molar-refractivity contribution is 7.89. The predicted octanol–water partition coefficient (Wildman–Crippen LogP) is -0.163. The molecule has 3 rings (SSSR count). The van der Waals surface area contributed by atoms with Crippen molar-refractivity contribution in [2.24, 2.45) is 5.92 Å². The molecule has 1 aliphatic heterocycles. The Labute approximate surface area is 138 Å². The van der Waals surface area contributed by atoms with Gasteiger partial charge in [-0.1, -0.05) is 0 Å². The molecule has 1 aliphatic rings. The molecular formula is C15H20N4O4S. The van der Waals surface area contributed by atoms with Crippen LogP contribution in [0.1, 0.15) is 12.8 Å². The zero-order chi connectivity index (χ0) is 17.3. The van der Waals surface area contributed by atoms with E-state index < -0.39 is 21.3 Å². The van der Waals surface area contributed by atoms with Crippen LogP contribution in [0.25, 0.3) is 10.9 Å². The third-order valence-corrected chi connectivity index (χ3v) is 6.18. The summed E-state index contributed by atoms with van der Waals surface area (Å²) in [7, 11) is -1.82. The summed E-state index contributed by atoms with van der Waals surface area (Å²) in [5, 5.41) is 3.24. The van der Waals surface area contributed by atoms with Crippen LogP contribution in [0.4, 0.5) is 0 Å². The van der Waals surface area contributed by atoms with Gasteiger partial charge in [0.1, 0.15) is 0 Å². The number of nitrogens with zero attached hydrogens (tertiary/aromatic N) is 1. The van der Waals surface area contributed by atoms with E-state index in [0.29, 0.717) is 18.6 Å². The number of piperidine rings is 1. The van der Waals surface area contributed by atoms with Gasteiger partial charge in [0.25, 0.3) is 5.56 Å². The van der Waals surface area contributed by atoms with Gasteiger partial charge in [-0.05, 0) is 50.6 Å². The summed E-state index contributed by atoms with van der Waals surface area (Å²) in [5.74, 6) is 0.277. The molecular weight excluding hydrogens is 332 g/mol. The molecule has 0 spiro atoms. The number of H-pyrrole nitrogens is 2. The summed E-state index contributed by atoms with van der Waals surface area (Å²) in [4.78, 5) is 27.9. The lowest BCUT2D eigenvalue weighted by Gasteiger charge is -2.31. The van der Waals surface area contributed by atoms with Gasteiger partial charge in [-0.2, -0.15) is 4.31 Å². The standard InChI is InChI=1S/C15H20N4O4S/c1-16-8-10-3-2-6-19(9-10)24(22,23)11-4-5-13-12(7-11)14(20)18-15(21)17-13/h4-5,7,10,16H,2-3,6,8-9H2,1H3,(H2,17,18,20,21)/t10-/m0/s1. The van der Waals surface area contributed by atoms with Crippen LogP contribution in [0, 0.1) is 5.92 Å². The maximum atomic E-state index is 12.9. The summed E-state index contributed by atoms with van der Waals surface area (Å²) in [5.41, 5.74) is -0.902. The van der Waals surface area contributed by atoms with E-state index in [2.05, 4.69) is 15.3 Å². The summed E-state index contributed by atoms with van der Waals surface area (Å²) in [6.45, 7) is 1.70. The van der Waals surface area contributed by atoms with E-state index in [9.17, 15) is 18.0 Å². The Bertz CT molecular complexity index is 961. The van der Waals surface area contributed by atoms with Gasteiger partial charge in [-0.15, -0.1) is 0 Å². The van der Waals surface area contributed by atoms with Gasteiger partial charge in [0.15, 0.2) is 0 Å². The first-order valence-electron chi connectivity index (χ1n) is 7.83. The van der Waals surface area contributed by atoms with Crippen molar-refractivity contribution in [3.63, 3.8) is 0 Å². The van der Waals surface area contributed by atoms with Crippen molar-refractivity contribution < 1.29 is 8.42 Å². The molecule has 0 amide bonds. The Kier molecular flexibility index (Phi) is 4.57. The number of aromatic nitrogens is 2. The fourth-order valence-electron chi connectivity index (χ4n) is 3.15. The molecule has 0 bridgehead atoms. The number of hydrogen-bond acceptors (Lipinski definition) is 5. The first kappa shape index (κ1) is 16.9. The number of benzene rings is 1. The minimum Gasteiger partial charge on any atom is -0.319 e. The molecule has 1 fully saturated rings. The number of sulfonamides is 1. The first-order chi connectivity index (χ1) is 11.4. The molecule has 0 unspecified atom stereocenters. The van der Waals surface area contributed by atoms with Crippen LogP contribution in [-0.2, 0) is 10.0 Å². The van der Waals surface area contributed by atoms with Gasteiger partial charge < -0.3 is 10.3 Å². The number of hydrogen-bond donors (Lipinski definition) is 3. The highest BCUT2D eigenvalue weighted by Crippen LogP contribution is 2.24. The van der Waals surface area contributed by atoms with Crippen molar-refractivity contribution in [3.05, 3.63) is 39.0 Å². The van der Waals surface area contributed by atoms with Crippen molar-refractivity contribution in [2.45, 2.75) is 17.7 Å². The smallest absolute Gasteiger partial charge is 0.319 e. The molecule has 3 N–H and O–H groups in total. The van der Waals surface area contributed by atoms with Crippen LogP contribution in [0.5, 0.6) is 0 Å². The normalized spacial score (nSPS) is 19.6. The van der Waals surface area contributed by atoms with Crippen LogP contribution in [0.2, 0.25) is 0 Å². The van der Waals surface area contributed by atoms with Crippen LogP contribution in [-0.4, -0.2) is 49.4 Å². The van der Waals surface area contributed by atoms with E-state index in [1.807, 2.05) is 7.05 Å². The average molecular weight is 352 g/mol. The zero-order valence-corrected chi connectivity index (χ0v) is 14.1. The van der Waals surface area contributed by atoms with Gasteiger partial charge in [-0.25, -0.2) is 13.2 Å². The van der Waals surface area contributed by atoms with E-state index in [1.165, 1.54) is 22.5 Å². The molecule has 0 radical (unpaired) electrons. The van der Waals surface area contributed by atoms with Crippen molar-refractivity contribution >= 4 is 20.9 Å². The van der Waals surface area contributed by atoms with Crippen LogP contribution in [0.3, 0.4) is 0 Å². The highest BCUT2D eigenvalue weighted by Gasteiger charge is 2.30. The van der Waals surface area contributed by atoms with E-state index in [1.54, 1.807) is 0 Å². The predicted molar refractivity (Wildman–Crippen MR) is 90.6 cm³/mol. The number of aromatic amines is 2. The molecule has 0 aliphatic carbocycles. The molecule has 1 saturated heterocycles. The van der Waals surface area contributed by atoms with Crippen molar-refractivity contribution in [1.82, 2.24) is 19.6 Å². The third-order valence-electron chi connectivity index (χ3n) is 4.32. The summed E-state index contributed by atoms with van der Waals surface area (Å²) < 4.78 is 27.2. The Morgan fingerprint density at radius 2 is 2.08 bits per heavy atom. The summed E-state index contributed by atoms with van der Waals surface area (Å²) in [6.07, 6.45) is 1.80. The Hall–Kier alpha value is -1.97. The van der Waals surface area contributed by atoms with Gasteiger partial charge in [0.2, 0.25) is 10.0 Å². The Morgan fingerprint density at radius 3 is 2.83 bits per heavy atom. The number of nitrogens with one attached hydrogen (secondary N) is 3. The van der Waals surface area contributed by atoms with Gasteiger partial charge in [-0.3, -0.25) is 9.78 Å². The van der Waals surface area contributed by atoms with Gasteiger partial charge in [0.05, 0.1) is 15.8 Å². The maximum Gasteiger partial charge on any atom is 0.326 e. The number of rotatable bonds is 4. The van der Waals surface area contributed by atoms with E-state index in [4.69, 9.17) is 0 Å². The lowest BCUT2D eigenvalue weighted by atomic mass is 10.00. The second kappa shape index (κ2) is 6.50. The van der Waals surface area contributed by atoms with E-state index in [0.717, 1.165) is 19.4 Å². The molecule has 9 heteroatoms. The number of fused-ring (bicyclic) bond motifs is 1. The maximum absolute atomic E-state index is 12.9. The van der Waals surface area contributed by atoms with Crippen molar-refractivity contribution in [1.29, 1.82) is 0 Å². The molecule has 0 saturated carbocycles. The lowest BCUT2D eigenvalue weighted by molar-refractivity contribution is 0.263. The monoisotopic (exact) mass is 352 g/mol. The fourth-order valence-corrected chi connectivity index (χ4v) is 4.74. The molecule has 2 heterocycles. The third kappa shape index (κ3) is 3.14. The molecule has 8 nitrogen and oxygen atoms in total. The fraction of sp³-hybridized carbons (Fsp3) is 0.467. The van der Waals surface area contributed by atoms with Crippen LogP contribution < -0.4 is 16.6 Å². The van der Waals surface area contributed by atoms with Crippen LogP contribution in [0.15, 0.2) is 32.7 Å². The molecule has 24 heavy (non-hydrogen) atoms. The van der Waals surface area contributed by atoms with E-state index >= 15 is 0 Å². The van der Waals surface area contributed by atoms with E-state index in [-0.39, 0.29) is 16.2 Å². The summed E-state index contributed by atoms with van der Waals surface area (Å²) >= 11 is 0. The Morgan fingerprint density at radius 1 is 1.29 bits per heavy atom. The second-order valence-corrected chi connectivity index (χ2v) is 7.98. The highest BCUT2D eigenvalue weighted by atomic mass is 32.2. The molecule has 2 aromatic rings. The molecule has 1 aromatic heterocycles. The summed E-state index contributed by atoms with van der Waals surface area (Å²) in [6, 6.07) is 4.20. The minimum absolute atomic E-state index is 0.0673. The zero-order valence-electron chi connectivity index (χ0n) is 13.3. The van der Waals surface area contributed by atoms with Crippen molar-refractivity contribution in [2.75, 3.05) is 26.7 Å². The largest absolute Gasteiger partial charge is 0.326 e. The molecule has 1 aromatic carbocycles. The molecule has 1 atom stereocenters. The van der Waals surface area contributed by atoms with Gasteiger partial charge >= 0.3 is 5.69 Å². The quantitative estimate of drug-likeness (QED) is 0.707. The Balaban J connectivity index is 1.99. The van der Waals surface area contributed by atoms with Crippen LogP contribution >= 0.6 is 0 Å². The van der Waals surface area contributed by atoms with Gasteiger partial charge in [0, 0.05) is 13.1 Å². The lowest BCUT2D eigenvalue weighted by Crippen LogP contribution is -2.42. The van der Waals surface area contributed by atoms with Crippen molar-refractivity contribution in [3.8, 4) is 0 Å². The molecule has 130 valence electrons. The minimum atomic E-state index is -3.67. The second-order valence-electron chi connectivity index (χ2n) is 6.04. The first-order valence-corrected chi connectivity index (χ1v) is 9.27.